The molecule has 0 N–H and O–H groups in total. The fourth-order valence-electron chi connectivity index (χ4n) is 8.73. The Labute approximate surface area is 368 Å². The van der Waals surface area contributed by atoms with Crippen LogP contribution < -0.4 is 9.80 Å². The maximum atomic E-state index is 6.55. The third-order valence-electron chi connectivity index (χ3n) is 11.8. The summed E-state index contributed by atoms with van der Waals surface area (Å²) >= 11 is 0. The Morgan fingerprint density at radius 3 is 1.10 bits per heavy atom. The molecule has 0 amide bonds. The van der Waals surface area contributed by atoms with Gasteiger partial charge < -0.3 is 14.2 Å². The summed E-state index contributed by atoms with van der Waals surface area (Å²) in [6, 6.07) is 90.6. The molecule has 10 aromatic carbocycles. The minimum Gasteiger partial charge on any atom is -0.454 e. The van der Waals surface area contributed by atoms with Crippen molar-refractivity contribution in [2.24, 2.45) is 0 Å². The van der Waals surface area contributed by atoms with Gasteiger partial charge >= 0.3 is 0 Å². The number of hydrogen-bond acceptors (Lipinski definition) is 3. The van der Waals surface area contributed by atoms with Crippen LogP contribution in [0.5, 0.6) is 0 Å². The van der Waals surface area contributed by atoms with E-state index in [9.17, 15) is 0 Å². The molecule has 0 bridgehead atoms. The first-order chi connectivity index (χ1) is 31.2. The third-order valence-corrected chi connectivity index (χ3v) is 11.8. The normalized spacial score (nSPS) is 11.2. The summed E-state index contributed by atoms with van der Waals surface area (Å²) < 4.78 is 6.55. The molecule has 0 saturated heterocycles. The quantitative estimate of drug-likeness (QED) is 0.137. The van der Waals surface area contributed by atoms with Crippen LogP contribution in [0.1, 0.15) is 0 Å². The van der Waals surface area contributed by atoms with E-state index >= 15 is 0 Å². The molecule has 0 radical (unpaired) electrons. The van der Waals surface area contributed by atoms with Crippen LogP contribution in [0.3, 0.4) is 0 Å². The van der Waals surface area contributed by atoms with Crippen LogP contribution in [-0.4, -0.2) is 0 Å². The largest absolute Gasteiger partial charge is 0.454 e. The highest BCUT2D eigenvalue weighted by Crippen LogP contribution is 2.43. The van der Waals surface area contributed by atoms with Crippen LogP contribution in [0.25, 0.3) is 66.4 Å². The highest BCUT2D eigenvalue weighted by molar-refractivity contribution is 6.10. The summed E-state index contributed by atoms with van der Waals surface area (Å²) in [4.78, 5) is 4.61. The van der Waals surface area contributed by atoms with Gasteiger partial charge in [0.1, 0.15) is 5.58 Å². The monoisotopic (exact) mass is 806 g/mol. The summed E-state index contributed by atoms with van der Waals surface area (Å²) in [5.41, 5.74) is 17.5. The molecule has 63 heavy (non-hydrogen) atoms. The van der Waals surface area contributed by atoms with Crippen molar-refractivity contribution in [2.45, 2.75) is 0 Å². The average molecular weight is 807 g/mol. The van der Waals surface area contributed by atoms with Crippen LogP contribution in [0.2, 0.25) is 0 Å². The van der Waals surface area contributed by atoms with Gasteiger partial charge in [-0.1, -0.05) is 164 Å². The molecular formula is C60H42N2O. The SMILES string of the molecule is c1ccc(-c2ccc(N(c3ccccc3)c3ccc(-c4cc(-c5ccccc5)cc(-c5ccc(N(c6ccccc6)c6cccc7c6oc6ccccc67)cc5)c4)cc3)cc2)cc1. The molecule has 298 valence electrons. The molecule has 0 aliphatic carbocycles. The Hall–Kier alpha value is -8.40. The number of nitrogens with zero attached hydrogens (tertiary/aromatic N) is 2. The third kappa shape index (κ3) is 7.43. The van der Waals surface area contributed by atoms with E-state index in [1.54, 1.807) is 0 Å². The highest BCUT2D eigenvalue weighted by atomic mass is 16.3. The van der Waals surface area contributed by atoms with Gasteiger partial charge in [0, 0.05) is 39.2 Å². The summed E-state index contributed by atoms with van der Waals surface area (Å²) in [7, 11) is 0. The first kappa shape index (κ1) is 37.6. The predicted octanol–water partition coefficient (Wildman–Crippen LogP) is 17.2. The molecule has 0 saturated carbocycles. The van der Waals surface area contributed by atoms with Gasteiger partial charge in [0.05, 0.1) is 5.69 Å². The predicted molar refractivity (Wildman–Crippen MR) is 265 cm³/mol. The molecule has 1 heterocycles. The smallest absolute Gasteiger partial charge is 0.159 e. The lowest BCUT2D eigenvalue weighted by Crippen LogP contribution is -2.10. The van der Waals surface area contributed by atoms with E-state index in [0.717, 1.165) is 78.3 Å². The van der Waals surface area contributed by atoms with Gasteiger partial charge in [-0.2, -0.15) is 0 Å². The molecule has 3 nitrogen and oxygen atoms in total. The van der Waals surface area contributed by atoms with Gasteiger partial charge in [-0.05, 0) is 136 Å². The number of hydrogen-bond donors (Lipinski definition) is 0. The molecule has 3 heteroatoms. The van der Waals surface area contributed by atoms with Crippen LogP contribution >= 0.6 is 0 Å². The molecular weight excluding hydrogens is 765 g/mol. The molecule has 1 aromatic heterocycles. The number of rotatable bonds is 10. The Balaban J connectivity index is 0.964. The van der Waals surface area contributed by atoms with E-state index in [2.05, 4.69) is 252 Å². The van der Waals surface area contributed by atoms with Gasteiger partial charge in [-0.3, -0.25) is 0 Å². The van der Waals surface area contributed by atoms with Crippen molar-refractivity contribution in [2.75, 3.05) is 9.80 Å². The molecule has 0 spiro atoms. The second-order valence-electron chi connectivity index (χ2n) is 15.8. The molecule has 0 aliphatic heterocycles. The lowest BCUT2D eigenvalue weighted by Gasteiger charge is -2.26. The fraction of sp³-hybridized carbons (Fsp3) is 0. The lowest BCUT2D eigenvalue weighted by molar-refractivity contribution is 0.669. The molecule has 11 rings (SSSR count). The zero-order chi connectivity index (χ0) is 42.0. The van der Waals surface area contributed by atoms with E-state index in [1.807, 2.05) is 12.1 Å². The maximum absolute atomic E-state index is 6.55. The Morgan fingerprint density at radius 1 is 0.238 bits per heavy atom. The van der Waals surface area contributed by atoms with Gasteiger partial charge in [0.25, 0.3) is 0 Å². The van der Waals surface area contributed by atoms with E-state index in [4.69, 9.17) is 4.42 Å². The Bertz CT molecular complexity index is 3290. The number of benzene rings is 10. The minimum absolute atomic E-state index is 0.866. The summed E-state index contributed by atoms with van der Waals surface area (Å²) in [6.07, 6.45) is 0. The second kappa shape index (κ2) is 16.6. The van der Waals surface area contributed by atoms with Crippen molar-refractivity contribution in [3.05, 3.63) is 255 Å². The Kier molecular flexibility index (Phi) is 9.89. The van der Waals surface area contributed by atoms with Crippen molar-refractivity contribution < 1.29 is 4.42 Å². The summed E-state index contributed by atoms with van der Waals surface area (Å²) in [5.74, 6) is 0. The van der Waals surface area contributed by atoms with Crippen LogP contribution in [0, 0.1) is 0 Å². The van der Waals surface area contributed by atoms with E-state index in [0.29, 0.717) is 0 Å². The minimum atomic E-state index is 0.866. The number of furan rings is 1. The first-order valence-corrected chi connectivity index (χ1v) is 21.4. The zero-order valence-electron chi connectivity index (χ0n) is 34.6. The van der Waals surface area contributed by atoms with Gasteiger partial charge in [0.15, 0.2) is 5.58 Å². The molecule has 0 aliphatic rings. The van der Waals surface area contributed by atoms with Gasteiger partial charge in [0.2, 0.25) is 0 Å². The van der Waals surface area contributed by atoms with Crippen molar-refractivity contribution in [1.29, 1.82) is 0 Å². The van der Waals surface area contributed by atoms with Crippen molar-refractivity contribution in [3.63, 3.8) is 0 Å². The lowest BCUT2D eigenvalue weighted by atomic mass is 9.93. The molecule has 11 aromatic rings. The maximum Gasteiger partial charge on any atom is 0.159 e. The number of para-hydroxylation sites is 4. The van der Waals surface area contributed by atoms with Crippen molar-refractivity contribution >= 4 is 56.1 Å². The van der Waals surface area contributed by atoms with Crippen LogP contribution in [0.15, 0.2) is 259 Å². The Morgan fingerprint density at radius 2 is 0.587 bits per heavy atom. The van der Waals surface area contributed by atoms with E-state index < -0.39 is 0 Å². The molecule has 0 unspecified atom stereocenters. The molecule has 0 atom stereocenters. The number of fused-ring (bicyclic) bond motifs is 3. The summed E-state index contributed by atoms with van der Waals surface area (Å²) in [5, 5.41) is 2.22. The number of anilines is 6. The van der Waals surface area contributed by atoms with Crippen LogP contribution in [-0.2, 0) is 0 Å². The van der Waals surface area contributed by atoms with Crippen LogP contribution in [0.4, 0.5) is 34.1 Å². The molecule has 0 fully saturated rings. The van der Waals surface area contributed by atoms with Gasteiger partial charge in [-0.25, -0.2) is 0 Å². The summed E-state index contributed by atoms with van der Waals surface area (Å²) in [6.45, 7) is 0. The van der Waals surface area contributed by atoms with E-state index in [-0.39, 0.29) is 0 Å². The van der Waals surface area contributed by atoms with E-state index in [1.165, 1.54) is 22.3 Å². The second-order valence-corrected chi connectivity index (χ2v) is 15.8. The highest BCUT2D eigenvalue weighted by Gasteiger charge is 2.20. The fourth-order valence-corrected chi connectivity index (χ4v) is 8.73. The standard InChI is InChI=1S/C60H42N2O/c1-5-16-43(17-6-1)45-28-34-53(35-29-45)61(51-20-9-3-10-21-51)54-36-30-46(31-37-54)49-40-48(44-18-7-2-8-19-44)41-50(42-49)47-32-38-55(39-33-47)62(52-22-11-4-12-23-52)58-26-15-25-57-56-24-13-14-27-59(56)63-60(57)58/h1-42H. The average Bonchev–Trinajstić information content (AvgIpc) is 3.76. The van der Waals surface area contributed by atoms with Crippen molar-refractivity contribution in [1.82, 2.24) is 0 Å². The first-order valence-electron chi connectivity index (χ1n) is 21.4. The topological polar surface area (TPSA) is 19.6 Å². The van der Waals surface area contributed by atoms with Crippen molar-refractivity contribution in [3.8, 4) is 44.5 Å². The van der Waals surface area contributed by atoms with Gasteiger partial charge in [-0.15, -0.1) is 0 Å². The zero-order valence-corrected chi connectivity index (χ0v) is 34.6.